The number of benzene rings is 1. The summed E-state index contributed by atoms with van der Waals surface area (Å²) in [6.45, 7) is 9.92. The molecular weight excluding hydrogens is 366 g/mol. The van der Waals surface area contributed by atoms with Crippen molar-refractivity contribution in [3.63, 3.8) is 0 Å². The zero-order valence-corrected chi connectivity index (χ0v) is 17.8. The molecule has 2 aromatic rings. The predicted octanol–water partition coefficient (Wildman–Crippen LogP) is 2.54. The van der Waals surface area contributed by atoms with Crippen molar-refractivity contribution in [1.29, 1.82) is 0 Å². The quantitative estimate of drug-likeness (QED) is 0.783. The highest BCUT2D eigenvalue weighted by molar-refractivity contribution is 5.96. The third kappa shape index (κ3) is 5.67. The maximum atomic E-state index is 12.2. The minimum absolute atomic E-state index is 0.0808. The molecule has 7 heteroatoms. The topological polar surface area (TPSA) is 77.6 Å². The van der Waals surface area contributed by atoms with Gasteiger partial charge in [-0.2, -0.15) is 0 Å². The molecule has 0 aliphatic carbocycles. The van der Waals surface area contributed by atoms with Crippen molar-refractivity contribution < 1.29 is 9.59 Å². The molecule has 1 fully saturated rings. The number of carbonyl (C=O) groups excluding carboxylic acids is 2. The van der Waals surface area contributed by atoms with Crippen LogP contribution < -0.4 is 15.5 Å². The molecule has 0 atom stereocenters. The van der Waals surface area contributed by atoms with Gasteiger partial charge in [0, 0.05) is 56.1 Å². The number of rotatable bonds is 6. The number of fused-ring (bicyclic) bond motifs is 1. The Morgan fingerprint density at radius 3 is 2.45 bits per heavy atom. The molecule has 0 spiro atoms. The number of hydrogen-bond donors (Lipinski definition) is 2. The smallest absolute Gasteiger partial charge is 0.224 e. The van der Waals surface area contributed by atoms with Gasteiger partial charge in [-0.3, -0.25) is 9.59 Å². The molecule has 1 aliphatic heterocycles. The van der Waals surface area contributed by atoms with Crippen LogP contribution in [0.15, 0.2) is 24.3 Å². The summed E-state index contributed by atoms with van der Waals surface area (Å²) in [4.78, 5) is 33.4. The molecule has 2 heterocycles. The van der Waals surface area contributed by atoms with Crippen LogP contribution in [-0.2, 0) is 9.59 Å². The molecule has 156 valence electrons. The Morgan fingerprint density at radius 2 is 1.76 bits per heavy atom. The summed E-state index contributed by atoms with van der Waals surface area (Å²) in [6, 6.07) is 7.97. The van der Waals surface area contributed by atoms with E-state index in [1.54, 1.807) is 0 Å². The van der Waals surface area contributed by atoms with Gasteiger partial charge in [0.25, 0.3) is 0 Å². The average Bonchev–Trinajstić information content (AvgIpc) is 2.67. The molecule has 1 saturated heterocycles. The summed E-state index contributed by atoms with van der Waals surface area (Å²) in [6.07, 6.45) is 0.350. The summed E-state index contributed by atoms with van der Waals surface area (Å²) in [5, 5.41) is 6.71. The standard InChI is InChI=1S/C22H31N5O2/c1-15(2)23-21(28)7-8-22(29)24-17-5-6-19-18(14-17)16(3)13-20(25-19)27-11-9-26(4)10-12-27/h5-6,13-15H,7-12H2,1-4H3,(H,23,28)(H,24,29). The number of aromatic nitrogens is 1. The fourth-order valence-electron chi connectivity index (χ4n) is 3.50. The van der Waals surface area contributed by atoms with E-state index in [-0.39, 0.29) is 30.7 Å². The minimum atomic E-state index is -0.164. The van der Waals surface area contributed by atoms with E-state index in [1.807, 2.05) is 32.0 Å². The second-order valence-electron chi connectivity index (χ2n) is 8.09. The summed E-state index contributed by atoms with van der Waals surface area (Å²) in [7, 11) is 2.14. The number of amides is 2. The maximum Gasteiger partial charge on any atom is 0.224 e. The van der Waals surface area contributed by atoms with E-state index in [4.69, 9.17) is 4.98 Å². The molecule has 0 saturated carbocycles. The van der Waals surface area contributed by atoms with Crippen LogP contribution in [0.1, 0.15) is 32.3 Å². The number of nitrogens with one attached hydrogen (secondary N) is 2. The Morgan fingerprint density at radius 1 is 1.07 bits per heavy atom. The van der Waals surface area contributed by atoms with Crippen LogP contribution in [0.25, 0.3) is 10.9 Å². The number of carbonyl (C=O) groups is 2. The highest BCUT2D eigenvalue weighted by atomic mass is 16.2. The first-order valence-corrected chi connectivity index (χ1v) is 10.3. The Kier molecular flexibility index (Phi) is 6.69. The van der Waals surface area contributed by atoms with Gasteiger partial charge in [0.2, 0.25) is 11.8 Å². The van der Waals surface area contributed by atoms with Crippen molar-refractivity contribution in [2.24, 2.45) is 0 Å². The Bertz CT molecular complexity index is 888. The number of anilines is 2. The van der Waals surface area contributed by atoms with Crippen LogP contribution in [0.4, 0.5) is 11.5 Å². The molecule has 0 radical (unpaired) electrons. The number of hydrogen-bond acceptors (Lipinski definition) is 5. The number of nitrogens with zero attached hydrogens (tertiary/aromatic N) is 3. The molecule has 29 heavy (non-hydrogen) atoms. The molecular formula is C22H31N5O2. The Hall–Kier alpha value is -2.67. The normalized spacial score (nSPS) is 15.0. The van der Waals surface area contributed by atoms with E-state index in [0.29, 0.717) is 0 Å². The van der Waals surface area contributed by atoms with E-state index in [2.05, 4.69) is 40.5 Å². The van der Waals surface area contributed by atoms with Crippen molar-refractivity contribution in [3.05, 3.63) is 29.8 Å². The average molecular weight is 398 g/mol. The summed E-state index contributed by atoms with van der Waals surface area (Å²) in [5.41, 5.74) is 2.79. The fourth-order valence-corrected chi connectivity index (χ4v) is 3.50. The van der Waals surface area contributed by atoms with Gasteiger partial charge in [-0.1, -0.05) is 0 Å². The molecule has 0 bridgehead atoms. The molecule has 1 aromatic heterocycles. The summed E-state index contributed by atoms with van der Waals surface area (Å²) < 4.78 is 0. The number of piperazine rings is 1. The Balaban J connectivity index is 1.67. The van der Waals surface area contributed by atoms with Crippen molar-refractivity contribution in [2.75, 3.05) is 43.4 Å². The van der Waals surface area contributed by atoms with Crippen LogP contribution >= 0.6 is 0 Å². The van der Waals surface area contributed by atoms with E-state index >= 15 is 0 Å². The fraction of sp³-hybridized carbons (Fsp3) is 0.500. The highest BCUT2D eigenvalue weighted by Crippen LogP contribution is 2.26. The van der Waals surface area contributed by atoms with Crippen molar-refractivity contribution in [2.45, 2.75) is 39.7 Å². The largest absolute Gasteiger partial charge is 0.354 e. The second kappa shape index (κ2) is 9.22. The molecule has 0 unspecified atom stereocenters. The van der Waals surface area contributed by atoms with E-state index in [0.717, 1.165) is 54.2 Å². The lowest BCUT2D eigenvalue weighted by Crippen LogP contribution is -2.44. The van der Waals surface area contributed by atoms with Crippen molar-refractivity contribution >= 4 is 34.2 Å². The van der Waals surface area contributed by atoms with Gasteiger partial charge in [0.15, 0.2) is 0 Å². The predicted molar refractivity (Wildman–Crippen MR) is 117 cm³/mol. The SMILES string of the molecule is Cc1cc(N2CCN(C)CC2)nc2ccc(NC(=O)CCC(=O)NC(C)C)cc12. The van der Waals surface area contributed by atoms with Crippen LogP contribution in [0.3, 0.4) is 0 Å². The van der Waals surface area contributed by atoms with Gasteiger partial charge in [-0.05, 0) is 57.6 Å². The van der Waals surface area contributed by atoms with Crippen molar-refractivity contribution in [1.82, 2.24) is 15.2 Å². The molecule has 7 nitrogen and oxygen atoms in total. The number of pyridine rings is 1. The van der Waals surface area contributed by atoms with Crippen LogP contribution in [0.2, 0.25) is 0 Å². The summed E-state index contributed by atoms with van der Waals surface area (Å²) >= 11 is 0. The third-order valence-corrected chi connectivity index (χ3v) is 5.14. The highest BCUT2D eigenvalue weighted by Gasteiger charge is 2.16. The zero-order valence-electron chi connectivity index (χ0n) is 17.8. The van der Waals surface area contributed by atoms with Crippen LogP contribution in [0.5, 0.6) is 0 Å². The zero-order chi connectivity index (χ0) is 21.0. The van der Waals surface area contributed by atoms with E-state index < -0.39 is 0 Å². The van der Waals surface area contributed by atoms with Crippen molar-refractivity contribution in [3.8, 4) is 0 Å². The van der Waals surface area contributed by atoms with E-state index in [9.17, 15) is 9.59 Å². The molecule has 2 amide bonds. The Labute approximate surface area is 172 Å². The molecule has 2 N–H and O–H groups in total. The van der Waals surface area contributed by atoms with Gasteiger partial charge in [0.05, 0.1) is 5.52 Å². The van der Waals surface area contributed by atoms with Gasteiger partial charge in [0.1, 0.15) is 5.82 Å². The molecule has 1 aromatic carbocycles. The monoisotopic (exact) mass is 397 g/mol. The van der Waals surface area contributed by atoms with Gasteiger partial charge in [-0.25, -0.2) is 4.98 Å². The lowest BCUT2D eigenvalue weighted by molar-refractivity contribution is -0.124. The summed E-state index contributed by atoms with van der Waals surface area (Å²) in [5.74, 6) is 0.740. The second-order valence-corrected chi connectivity index (χ2v) is 8.09. The lowest BCUT2D eigenvalue weighted by atomic mass is 10.1. The molecule has 1 aliphatic rings. The minimum Gasteiger partial charge on any atom is -0.354 e. The van der Waals surface area contributed by atoms with Crippen LogP contribution in [0, 0.1) is 6.92 Å². The van der Waals surface area contributed by atoms with Gasteiger partial charge in [-0.15, -0.1) is 0 Å². The van der Waals surface area contributed by atoms with E-state index in [1.165, 1.54) is 0 Å². The lowest BCUT2D eigenvalue weighted by Gasteiger charge is -2.33. The van der Waals surface area contributed by atoms with Gasteiger partial charge < -0.3 is 20.4 Å². The first kappa shape index (κ1) is 21.0. The maximum absolute atomic E-state index is 12.2. The first-order chi connectivity index (χ1) is 13.8. The number of likely N-dealkylation sites (N-methyl/N-ethyl adjacent to an activating group) is 1. The number of aryl methyl sites for hydroxylation is 1. The van der Waals surface area contributed by atoms with Crippen LogP contribution in [-0.4, -0.2) is 61.0 Å². The third-order valence-electron chi connectivity index (χ3n) is 5.14. The first-order valence-electron chi connectivity index (χ1n) is 10.3. The molecule has 3 rings (SSSR count). The van der Waals surface area contributed by atoms with Gasteiger partial charge >= 0.3 is 0 Å².